The van der Waals surface area contributed by atoms with Crippen molar-refractivity contribution < 1.29 is 14.3 Å². The fourth-order valence-corrected chi connectivity index (χ4v) is 4.74. The summed E-state index contributed by atoms with van der Waals surface area (Å²) in [7, 11) is 0. The van der Waals surface area contributed by atoms with Crippen LogP contribution in [0.1, 0.15) is 32.2 Å². The van der Waals surface area contributed by atoms with Gasteiger partial charge in [-0.15, -0.1) is 11.3 Å². The molecule has 2 aromatic carbocycles. The Balaban J connectivity index is 1.22. The number of nitrogens with zero attached hydrogens (tertiary/aromatic N) is 1. The molecule has 2 heterocycles. The number of benzene rings is 2. The Labute approximate surface area is 222 Å². The van der Waals surface area contributed by atoms with Gasteiger partial charge in [-0.2, -0.15) is 0 Å². The number of aromatic amines is 1. The van der Waals surface area contributed by atoms with E-state index in [1.54, 1.807) is 24.3 Å². The Morgan fingerprint density at radius 2 is 1.78 bits per heavy atom. The van der Waals surface area contributed by atoms with Crippen LogP contribution in [-0.4, -0.2) is 33.5 Å². The molecule has 0 aliphatic rings. The first-order valence-electron chi connectivity index (χ1n) is 11.5. The Morgan fingerprint density at radius 1 is 1.05 bits per heavy atom. The van der Waals surface area contributed by atoms with E-state index in [0.29, 0.717) is 28.1 Å². The average Bonchev–Trinajstić information content (AvgIpc) is 3.17. The van der Waals surface area contributed by atoms with Crippen molar-refractivity contribution in [3.8, 4) is 5.75 Å². The van der Waals surface area contributed by atoms with Crippen molar-refractivity contribution in [1.82, 2.24) is 26.1 Å². The predicted octanol–water partition coefficient (Wildman–Crippen LogP) is 3.10. The molecular weight excluding hydrogens is 510 g/mol. The van der Waals surface area contributed by atoms with Crippen molar-refractivity contribution in [3.05, 3.63) is 92.3 Å². The molecule has 0 aliphatic heterocycles. The van der Waals surface area contributed by atoms with Crippen LogP contribution in [0.15, 0.2) is 59.4 Å². The van der Waals surface area contributed by atoms with Gasteiger partial charge in [0, 0.05) is 16.9 Å². The van der Waals surface area contributed by atoms with E-state index in [1.807, 2.05) is 44.2 Å². The van der Waals surface area contributed by atoms with E-state index < -0.39 is 11.8 Å². The third kappa shape index (κ3) is 6.78. The standard InChI is InChI=1S/C26H25N5O4S2/c1-15-16(2)37-25-22(15)24(34)27-20(28-25)14-21(32)30-31-26(36)29-23(33)18-8-10-19(11-9-18)35-13-12-17-6-4-3-5-7-17/h3-11H,12-14H2,1-2H3,(H,30,32)(H,27,28,34)(H2,29,31,33,36). The third-order valence-corrected chi connectivity index (χ3v) is 6.88. The lowest BCUT2D eigenvalue weighted by Gasteiger charge is -2.11. The maximum Gasteiger partial charge on any atom is 0.259 e. The fourth-order valence-electron chi connectivity index (χ4n) is 3.55. The van der Waals surface area contributed by atoms with Crippen molar-refractivity contribution in [2.45, 2.75) is 26.7 Å². The number of carbonyl (C=O) groups is 2. The van der Waals surface area contributed by atoms with Crippen LogP contribution in [0.3, 0.4) is 0 Å². The minimum Gasteiger partial charge on any atom is -0.493 e. The van der Waals surface area contributed by atoms with Crippen molar-refractivity contribution in [2.24, 2.45) is 0 Å². The molecule has 0 radical (unpaired) electrons. The van der Waals surface area contributed by atoms with E-state index in [2.05, 4.69) is 26.1 Å². The molecule has 0 saturated heterocycles. The van der Waals surface area contributed by atoms with E-state index in [4.69, 9.17) is 17.0 Å². The van der Waals surface area contributed by atoms with Crippen LogP contribution in [0.25, 0.3) is 10.2 Å². The minimum atomic E-state index is -0.485. The second kappa shape index (κ2) is 11.8. The van der Waals surface area contributed by atoms with Gasteiger partial charge in [0.05, 0.1) is 18.4 Å². The van der Waals surface area contributed by atoms with Crippen molar-refractivity contribution in [2.75, 3.05) is 6.61 Å². The molecule has 0 unspecified atom stereocenters. The third-order valence-electron chi connectivity index (χ3n) is 5.58. The van der Waals surface area contributed by atoms with Gasteiger partial charge in [0.2, 0.25) is 5.91 Å². The summed E-state index contributed by atoms with van der Waals surface area (Å²) in [6.07, 6.45) is 0.610. The summed E-state index contributed by atoms with van der Waals surface area (Å²) >= 11 is 6.50. The number of rotatable bonds is 7. The van der Waals surface area contributed by atoms with E-state index in [0.717, 1.165) is 16.9 Å². The zero-order chi connectivity index (χ0) is 26.4. The maximum absolute atomic E-state index is 12.5. The first-order chi connectivity index (χ1) is 17.8. The molecule has 0 aliphatic carbocycles. The number of hydrogen-bond acceptors (Lipinski definition) is 7. The quantitative estimate of drug-likeness (QED) is 0.212. The molecule has 37 heavy (non-hydrogen) atoms. The van der Waals surface area contributed by atoms with Crippen molar-refractivity contribution in [3.63, 3.8) is 0 Å². The molecule has 4 aromatic rings. The van der Waals surface area contributed by atoms with E-state index in [9.17, 15) is 14.4 Å². The van der Waals surface area contributed by atoms with Crippen LogP contribution < -0.4 is 26.5 Å². The lowest BCUT2D eigenvalue weighted by Crippen LogP contribution is -2.49. The molecular formula is C26H25N5O4S2. The minimum absolute atomic E-state index is 0.0806. The van der Waals surface area contributed by atoms with Crippen LogP contribution in [-0.2, 0) is 17.6 Å². The number of amides is 2. The SMILES string of the molecule is Cc1sc2nc(CC(=O)NNC(=S)NC(=O)c3ccc(OCCc4ccccc4)cc3)[nH]c(=O)c2c1C. The zero-order valence-electron chi connectivity index (χ0n) is 20.2. The molecule has 9 nitrogen and oxygen atoms in total. The monoisotopic (exact) mass is 535 g/mol. The Bertz CT molecular complexity index is 1500. The molecule has 0 bridgehead atoms. The molecule has 4 rings (SSSR count). The Hall–Kier alpha value is -4.09. The second-order valence-electron chi connectivity index (χ2n) is 8.22. The van der Waals surface area contributed by atoms with Gasteiger partial charge in [-0.25, -0.2) is 4.98 Å². The Morgan fingerprint density at radius 3 is 2.51 bits per heavy atom. The van der Waals surface area contributed by atoms with Crippen LogP contribution in [0, 0.1) is 13.8 Å². The molecule has 0 spiro atoms. The molecule has 11 heteroatoms. The van der Waals surface area contributed by atoms with Gasteiger partial charge in [-0.1, -0.05) is 30.3 Å². The summed E-state index contributed by atoms with van der Waals surface area (Å²) in [6, 6.07) is 16.7. The molecule has 4 N–H and O–H groups in total. The lowest BCUT2D eigenvalue weighted by molar-refractivity contribution is -0.121. The number of ether oxygens (including phenoxy) is 1. The molecule has 0 fully saturated rings. The molecule has 190 valence electrons. The number of thiophene rings is 1. The van der Waals surface area contributed by atoms with Crippen LogP contribution in [0.4, 0.5) is 0 Å². The van der Waals surface area contributed by atoms with Gasteiger partial charge in [-0.3, -0.25) is 30.6 Å². The predicted molar refractivity (Wildman–Crippen MR) is 147 cm³/mol. The summed E-state index contributed by atoms with van der Waals surface area (Å²) < 4.78 is 5.73. The summed E-state index contributed by atoms with van der Waals surface area (Å²) in [6.45, 7) is 4.31. The van der Waals surface area contributed by atoms with Gasteiger partial charge in [0.1, 0.15) is 16.4 Å². The summed E-state index contributed by atoms with van der Waals surface area (Å²) in [5.41, 5.74) is 7.04. The van der Waals surface area contributed by atoms with Gasteiger partial charge >= 0.3 is 0 Å². The largest absolute Gasteiger partial charge is 0.493 e. The average molecular weight is 536 g/mol. The molecule has 0 saturated carbocycles. The van der Waals surface area contributed by atoms with E-state index in [1.165, 1.54) is 16.9 Å². The molecule has 2 amide bonds. The maximum atomic E-state index is 12.5. The summed E-state index contributed by atoms with van der Waals surface area (Å²) in [4.78, 5) is 45.7. The number of thiocarbonyl (C=S) groups is 1. The highest BCUT2D eigenvalue weighted by molar-refractivity contribution is 7.80. The first-order valence-corrected chi connectivity index (χ1v) is 12.7. The zero-order valence-corrected chi connectivity index (χ0v) is 21.8. The van der Waals surface area contributed by atoms with Crippen molar-refractivity contribution >= 4 is 50.7 Å². The normalized spacial score (nSPS) is 10.6. The lowest BCUT2D eigenvalue weighted by atomic mass is 10.2. The van der Waals surface area contributed by atoms with Gasteiger partial charge in [0.15, 0.2) is 5.11 Å². The number of aryl methyl sites for hydroxylation is 2. The number of fused-ring (bicyclic) bond motifs is 1. The number of H-pyrrole nitrogens is 1. The van der Waals surface area contributed by atoms with Gasteiger partial charge in [-0.05, 0) is 61.5 Å². The highest BCUT2D eigenvalue weighted by Crippen LogP contribution is 2.25. The summed E-state index contributed by atoms with van der Waals surface area (Å²) in [5.74, 6) is -0.0409. The number of hydrazine groups is 1. The van der Waals surface area contributed by atoms with Crippen LogP contribution in [0.2, 0.25) is 0 Å². The fraction of sp³-hybridized carbons (Fsp3) is 0.192. The number of aromatic nitrogens is 2. The van der Waals surface area contributed by atoms with Gasteiger partial charge < -0.3 is 9.72 Å². The topological polar surface area (TPSA) is 125 Å². The first kappa shape index (κ1) is 26.0. The van der Waals surface area contributed by atoms with Crippen molar-refractivity contribution in [1.29, 1.82) is 0 Å². The second-order valence-corrected chi connectivity index (χ2v) is 9.83. The molecule has 2 aromatic heterocycles. The highest BCUT2D eigenvalue weighted by Gasteiger charge is 2.14. The Kier molecular flexibility index (Phi) is 8.26. The van der Waals surface area contributed by atoms with Crippen LogP contribution >= 0.6 is 23.6 Å². The highest BCUT2D eigenvalue weighted by atomic mass is 32.1. The number of hydrogen-bond donors (Lipinski definition) is 4. The van der Waals surface area contributed by atoms with Crippen LogP contribution in [0.5, 0.6) is 5.75 Å². The van der Waals surface area contributed by atoms with E-state index in [-0.39, 0.29) is 22.9 Å². The molecule has 0 atom stereocenters. The number of nitrogens with one attached hydrogen (secondary N) is 4. The number of carbonyl (C=O) groups excluding carboxylic acids is 2. The van der Waals surface area contributed by atoms with E-state index >= 15 is 0 Å². The van der Waals surface area contributed by atoms with Gasteiger partial charge in [0.25, 0.3) is 11.5 Å². The smallest absolute Gasteiger partial charge is 0.259 e. The summed E-state index contributed by atoms with van der Waals surface area (Å²) in [5, 5.41) is 2.96.